The van der Waals surface area contributed by atoms with Crippen molar-refractivity contribution in [2.45, 2.75) is 26.2 Å². The van der Waals surface area contributed by atoms with Gasteiger partial charge in [0.2, 0.25) is 5.91 Å². The fourth-order valence-corrected chi connectivity index (χ4v) is 2.21. The summed E-state index contributed by atoms with van der Waals surface area (Å²) < 4.78 is 0. The minimum atomic E-state index is -0.185. The molecular formula is C11H21N3OS. The normalized spacial score (nSPS) is 20.6. The Morgan fingerprint density at radius 3 is 2.44 bits per heavy atom. The highest BCUT2D eigenvalue weighted by molar-refractivity contribution is 7.80. The van der Waals surface area contributed by atoms with Gasteiger partial charge in [-0.3, -0.25) is 4.79 Å². The summed E-state index contributed by atoms with van der Waals surface area (Å²) in [4.78, 5) is 13.7. The average molecular weight is 243 g/mol. The molecule has 0 spiro atoms. The zero-order valence-corrected chi connectivity index (χ0v) is 10.6. The van der Waals surface area contributed by atoms with Crippen LogP contribution < -0.4 is 11.5 Å². The summed E-state index contributed by atoms with van der Waals surface area (Å²) >= 11 is 4.96. The first-order valence-electron chi connectivity index (χ1n) is 5.79. The third-order valence-corrected chi connectivity index (χ3v) is 3.62. The Hall–Kier alpha value is -0.680. The number of piperidine rings is 1. The van der Waals surface area contributed by atoms with Crippen molar-refractivity contribution in [3.63, 3.8) is 0 Å². The van der Waals surface area contributed by atoms with Crippen molar-refractivity contribution in [1.82, 2.24) is 4.90 Å². The van der Waals surface area contributed by atoms with Crippen molar-refractivity contribution in [2.24, 2.45) is 23.3 Å². The van der Waals surface area contributed by atoms with Gasteiger partial charge in [0, 0.05) is 18.9 Å². The van der Waals surface area contributed by atoms with E-state index in [0.717, 1.165) is 32.5 Å². The molecule has 92 valence electrons. The van der Waals surface area contributed by atoms with Gasteiger partial charge in [-0.25, -0.2) is 0 Å². The van der Waals surface area contributed by atoms with Gasteiger partial charge in [0.15, 0.2) is 0 Å². The van der Waals surface area contributed by atoms with Gasteiger partial charge in [-0.1, -0.05) is 19.1 Å². The van der Waals surface area contributed by atoms with Crippen LogP contribution in [0.15, 0.2) is 0 Å². The van der Waals surface area contributed by atoms with Gasteiger partial charge in [-0.05, 0) is 31.8 Å². The molecule has 1 aliphatic rings. The predicted octanol–water partition coefficient (Wildman–Crippen LogP) is 0.496. The molecule has 1 fully saturated rings. The molecule has 1 unspecified atom stereocenters. The number of amides is 1. The Morgan fingerprint density at radius 2 is 2.00 bits per heavy atom. The summed E-state index contributed by atoms with van der Waals surface area (Å²) in [5.41, 5.74) is 10.8. The lowest BCUT2D eigenvalue weighted by Gasteiger charge is -2.32. The second-order valence-electron chi connectivity index (χ2n) is 4.72. The summed E-state index contributed by atoms with van der Waals surface area (Å²) in [7, 11) is 0. The maximum atomic E-state index is 10.8. The number of thiocarbonyl (C=S) groups is 1. The van der Waals surface area contributed by atoms with Crippen LogP contribution in [0, 0.1) is 11.8 Å². The van der Waals surface area contributed by atoms with Crippen molar-refractivity contribution >= 4 is 23.1 Å². The van der Waals surface area contributed by atoms with Crippen LogP contribution in [-0.2, 0) is 4.79 Å². The Morgan fingerprint density at radius 1 is 1.44 bits per heavy atom. The average Bonchev–Trinajstić information content (AvgIpc) is 2.20. The highest BCUT2D eigenvalue weighted by atomic mass is 32.1. The first-order valence-corrected chi connectivity index (χ1v) is 6.20. The molecule has 1 heterocycles. The molecule has 4 N–H and O–H groups in total. The zero-order chi connectivity index (χ0) is 12.1. The minimum Gasteiger partial charge on any atom is -0.393 e. The SMILES string of the molecule is CC(CN1CCC(CC(N)=O)CC1)C(N)=S. The molecule has 1 aliphatic heterocycles. The fourth-order valence-electron chi connectivity index (χ4n) is 2.13. The lowest BCUT2D eigenvalue weighted by molar-refractivity contribution is -0.119. The monoisotopic (exact) mass is 243 g/mol. The number of hydrogen-bond acceptors (Lipinski definition) is 3. The third kappa shape index (κ3) is 4.45. The topological polar surface area (TPSA) is 72.3 Å². The summed E-state index contributed by atoms with van der Waals surface area (Å²) in [6.07, 6.45) is 2.62. The van der Waals surface area contributed by atoms with E-state index in [1.165, 1.54) is 0 Å². The highest BCUT2D eigenvalue weighted by Crippen LogP contribution is 2.20. The first kappa shape index (κ1) is 13.4. The van der Waals surface area contributed by atoms with Crippen LogP contribution in [0.5, 0.6) is 0 Å². The summed E-state index contributed by atoms with van der Waals surface area (Å²) in [5.74, 6) is 0.548. The maximum absolute atomic E-state index is 10.8. The number of nitrogens with zero attached hydrogens (tertiary/aromatic N) is 1. The maximum Gasteiger partial charge on any atom is 0.217 e. The number of hydrogen-bond donors (Lipinski definition) is 2. The van der Waals surface area contributed by atoms with Gasteiger partial charge in [0.1, 0.15) is 0 Å². The van der Waals surface area contributed by atoms with E-state index < -0.39 is 0 Å². The number of primary amides is 1. The van der Waals surface area contributed by atoms with Gasteiger partial charge in [-0.15, -0.1) is 0 Å². The van der Waals surface area contributed by atoms with E-state index in [9.17, 15) is 4.79 Å². The van der Waals surface area contributed by atoms with Gasteiger partial charge in [0.25, 0.3) is 0 Å². The summed E-state index contributed by atoms with van der Waals surface area (Å²) in [5, 5.41) is 0. The highest BCUT2D eigenvalue weighted by Gasteiger charge is 2.21. The molecule has 1 atom stereocenters. The van der Waals surface area contributed by atoms with Crippen molar-refractivity contribution in [3.05, 3.63) is 0 Å². The summed E-state index contributed by atoms with van der Waals surface area (Å²) in [6, 6.07) is 0. The second kappa shape index (κ2) is 6.15. The van der Waals surface area contributed by atoms with Crippen LogP contribution in [0.3, 0.4) is 0 Å². The number of rotatable bonds is 5. The van der Waals surface area contributed by atoms with E-state index in [1.54, 1.807) is 0 Å². The zero-order valence-electron chi connectivity index (χ0n) is 9.82. The van der Waals surface area contributed by atoms with Crippen molar-refractivity contribution in [1.29, 1.82) is 0 Å². The van der Waals surface area contributed by atoms with Gasteiger partial charge >= 0.3 is 0 Å². The molecule has 1 saturated heterocycles. The van der Waals surface area contributed by atoms with Crippen LogP contribution in [0.4, 0.5) is 0 Å². The molecule has 1 amide bonds. The molecule has 0 saturated carbocycles. The van der Waals surface area contributed by atoms with Gasteiger partial charge in [0.05, 0.1) is 4.99 Å². The first-order chi connectivity index (χ1) is 7.49. The van der Waals surface area contributed by atoms with Crippen molar-refractivity contribution in [3.8, 4) is 0 Å². The molecule has 4 nitrogen and oxygen atoms in total. The molecule has 5 heteroatoms. The lowest BCUT2D eigenvalue weighted by Crippen LogP contribution is -2.40. The Balaban J connectivity index is 2.26. The molecule has 0 aromatic heterocycles. The lowest BCUT2D eigenvalue weighted by atomic mass is 9.93. The minimum absolute atomic E-state index is 0.185. The smallest absolute Gasteiger partial charge is 0.217 e. The Labute approximate surface area is 102 Å². The fraction of sp³-hybridized carbons (Fsp3) is 0.818. The molecule has 0 aliphatic carbocycles. The largest absolute Gasteiger partial charge is 0.393 e. The molecule has 0 aromatic carbocycles. The van der Waals surface area contributed by atoms with Crippen LogP contribution in [0.2, 0.25) is 0 Å². The Kier molecular flexibility index (Phi) is 5.15. The number of likely N-dealkylation sites (tertiary alicyclic amines) is 1. The molecule has 0 bridgehead atoms. The third-order valence-electron chi connectivity index (χ3n) is 3.21. The number of nitrogens with two attached hydrogens (primary N) is 2. The standard InChI is InChI=1S/C11H21N3OS/c1-8(11(13)16)7-14-4-2-9(3-5-14)6-10(12)15/h8-9H,2-7H2,1H3,(H2,12,15)(H2,13,16). The van der Waals surface area contributed by atoms with E-state index in [4.69, 9.17) is 23.7 Å². The van der Waals surface area contributed by atoms with Crippen LogP contribution >= 0.6 is 12.2 Å². The molecule has 16 heavy (non-hydrogen) atoms. The number of carbonyl (C=O) groups is 1. The molecule has 0 aromatic rings. The van der Waals surface area contributed by atoms with Crippen LogP contribution in [-0.4, -0.2) is 35.4 Å². The van der Waals surface area contributed by atoms with E-state index >= 15 is 0 Å². The quantitative estimate of drug-likeness (QED) is 0.690. The number of carbonyl (C=O) groups excluding carboxylic acids is 1. The predicted molar refractivity (Wildman–Crippen MR) is 68.9 cm³/mol. The van der Waals surface area contributed by atoms with Crippen molar-refractivity contribution < 1.29 is 4.79 Å². The van der Waals surface area contributed by atoms with E-state index in [-0.39, 0.29) is 11.8 Å². The van der Waals surface area contributed by atoms with E-state index in [0.29, 0.717) is 17.3 Å². The molecule has 1 rings (SSSR count). The van der Waals surface area contributed by atoms with Crippen LogP contribution in [0.25, 0.3) is 0 Å². The van der Waals surface area contributed by atoms with Gasteiger partial charge in [-0.2, -0.15) is 0 Å². The van der Waals surface area contributed by atoms with E-state index in [1.807, 2.05) is 0 Å². The van der Waals surface area contributed by atoms with Crippen molar-refractivity contribution in [2.75, 3.05) is 19.6 Å². The molecule has 0 radical (unpaired) electrons. The molecular weight excluding hydrogens is 222 g/mol. The van der Waals surface area contributed by atoms with Crippen LogP contribution in [0.1, 0.15) is 26.2 Å². The van der Waals surface area contributed by atoms with Gasteiger partial charge < -0.3 is 16.4 Å². The van der Waals surface area contributed by atoms with E-state index in [2.05, 4.69) is 11.8 Å². The second-order valence-corrected chi connectivity index (χ2v) is 5.19. The summed E-state index contributed by atoms with van der Waals surface area (Å²) in [6.45, 7) is 5.02. The Bertz CT molecular complexity index is 262.